The van der Waals surface area contributed by atoms with Crippen LogP contribution in [0.5, 0.6) is 0 Å². The summed E-state index contributed by atoms with van der Waals surface area (Å²) in [6.07, 6.45) is -11.4. The van der Waals surface area contributed by atoms with Crippen molar-refractivity contribution in [1.29, 1.82) is 0 Å². The Kier molecular flexibility index (Phi) is 16.1. The van der Waals surface area contributed by atoms with Gasteiger partial charge in [0.25, 0.3) is 0 Å². The van der Waals surface area contributed by atoms with Gasteiger partial charge in [0.1, 0.15) is 24.4 Å². The molecule has 6 aromatic rings. The second-order valence-corrected chi connectivity index (χ2v) is 15.7. The van der Waals surface area contributed by atoms with Crippen LogP contribution in [0.25, 0.3) is 0 Å². The Hall–Kier alpha value is -6.55. The summed E-state index contributed by atoms with van der Waals surface area (Å²) in [5.74, 6) is -2.47. The van der Waals surface area contributed by atoms with Crippen LogP contribution >= 0.6 is 0 Å². The molecule has 13 heteroatoms. The molecule has 2 aliphatic heterocycles. The summed E-state index contributed by atoms with van der Waals surface area (Å²) in [6.45, 7) is 0.296. The fourth-order valence-corrected chi connectivity index (χ4v) is 7.64. The van der Waals surface area contributed by atoms with Crippen molar-refractivity contribution in [2.45, 2.75) is 75.1 Å². The van der Waals surface area contributed by atoms with Gasteiger partial charge in [0.15, 0.2) is 30.9 Å². The normalized spacial score (nSPS) is 23.9. The number of aliphatic hydroxyl groups is 1. The Morgan fingerprint density at radius 1 is 0.439 bits per heavy atom. The Balaban J connectivity index is 1.10. The van der Waals surface area contributed by atoms with Gasteiger partial charge in [0.2, 0.25) is 0 Å². The highest BCUT2D eigenvalue weighted by atomic mass is 16.7. The van der Waals surface area contributed by atoms with Crippen molar-refractivity contribution in [3.63, 3.8) is 0 Å². The maximum Gasteiger partial charge on any atom is 0.338 e. The van der Waals surface area contributed by atoms with Gasteiger partial charge in [-0.3, -0.25) is 0 Å². The van der Waals surface area contributed by atoms with E-state index in [1.165, 1.54) is 24.3 Å². The van der Waals surface area contributed by atoms with Crippen LogP contribution < -0.4 is 0 Å². The minimum atomic E-state index is -1.89. The lowest BCUT2D eigenvalue weighted by Crippen LogP contribution is -2.63. The van der Waals surface area contributed by atoms with Crippen LogP contribution in [0.3, 0.4) is 0 Å². The zero-order valence-electron chi connectivity index (χ0n) is 35.9. The van der Waals surface area contributed by atoms with E-state index in [0.717, 1.165) is 16.7 Å². The lowest BCUT2D eigenvalue weighted by molar-refractivity contribution is -0.322. The molecule has 0 saturated carbocycles. The Labute approximate surface area is 382 Å². The molecule has 1 N–H and O–H groups in total. The molecule has 0 aliphatic carbocycles. The zero-order chi connectivity index (χ0) is 45.5. The molecule has 2 saturated heterocycles. The summed E-state index contributed by atoms with van der Waals surface area (Å²) >= 11 is 0. The minimum Gasteiger partial charge on any atom is -0.452 e. The molecule has 66 heavy (non-hydrogen) atoms. The topological polar surface area (TPSA) is 155 Å². The van der Waals surface area contributed by atoms with Crippen molar-refractivity contribution >= 4 is 17.9 Å². The summed E-state index contributed by atoms with van der Waals surface area (Å²) in [6, 6.07) is 53.4. The number of ether oxygens (including phenoxy) is 9. The fraction of sp³-hybridized carbons (Fsp3) is 0.264. The number of carbonyl (C=O) groups is 3. The third-order valence-corrected chi connectivity index (χ3v) is 11.1. The van der Waals surface area contributed by atoms with E-state index in [0.29, 0.717) is 0 Å². The van der Waals surface area contributed by atoms with E-state index in [9.17, 15) is 19.5 Å². The molecule has 0 unspecified atom stereocenters. The average molecular weight is 895 g/mol. The molecule has 340 valence electrons. The van der Waals surface area contributed by atoms with Crippen LogP contribution in [-0.4, -0.2) is 91.5 Å². The molecule has 9 atom stereocenters. The molecule has 0 radical (unpaired) electrons. The summed E-state index contributed by atoms with van der Waals surface area (Å²) in [5, 5.41) is 11.7. The molecule has 2 heterocycles. The standard InChI is InChI=1S/C53H50O13/c54-49(39-25-13-4-14-26-39)64-45-43(63-52(57)47(66-51(56)41-29-17-6-18-30-41)46(45)65-50(55)40-27-15-5-16-28-40)35-62-53-48(60-33-38-23-11-3-12-24-38)44(59-32-37-21-9-2-10-22-37)42(34-61-53)58-31-36-19-7-1-8-20-36/h1-30,42-48,52-53,57H,31-35H2/t42-,43-,44+,45-,46+,47-,48-,52+,53+/m1/s1. The molecule has 8 rings (SSSR count). The highest BCUT2D eigenvalue weighted by Crippen LogP contribution is 2.32. The van der Waals surface area contributed by atoms with Crippen LogP contribution in [0, 0.1) is 0 Å². The molecule has 0 aromatic heterocycles. The maximum absolute atomic E-state index is 13.9. The first-order valence-corrected chi connectivity index (χ1v) is 21.7. The highest BCUT2D eigenvalue weighted by Gasteiger charge is 2.53. The first kappa shape index (κ1) is 46.0. The first-order valence-electron chi connectivity index (χ1n) is 21.7. The lowest BCUT2D eigenvalue weighted by atomic mass is 9.97. The quantitative estimate of drug-likeness (QED) is 0.0670. The van der Waals surface area contributed by atoms with Gasteiger partial charge in [0.05, 0.1) is 49.7 Å². The molecular formula is C53H50O13. The SMILES string of the molecule is O=C(O[C@@H]1[C@@H](OC(=O)c2ccccc2)[C@@H](O)O[C@H](CO[C@@H]2OC[C@@H](OCc3ccccc3)[C@H](OCc3ccccc3)[C@H]2OCc2ccccc2)[C@H]1OC(=O)c1ccccc1)c1ccccc1. The van der Waals surface area contributed by atoms with Gasteiger partial charge in [-0.1, -0.05) is 146 Å². The van der Waals surface area contributed by atoms with Gasteiger partial charge in [-0.25, -0.2) is 14.4 Å². The number of hydrogen-bond acceptors (Lipinski definition) is 13. The summed E-state index contributed by atoms with van der Waals surface area (Å²) < 4.78 is 56.9. The molecule has 2 aliphatic rings. The van der Waals surface area contributed by atoms with E-state index in [2.05, 4.69) is 0 Å². The second-order valence-electron chi connectivity index (χ2n) is 15.7. The van der Waals surface area contributed by atoms with Gasteiger partial charge in [-0.15, -0.1) is 0 Å². The predicted molar refractivity (Wildman–Crippen MR) is 239 cm³/mol. The van der Waals surface area contributed by atoms with Gasteiger partial charge >= 0.3 is 17.9 Å². The Morgan fingerprint density at radius 2 is 0.818 bits per heavy atom. The largest absolute Gasteiger partial charge is 0.452 e. The number of rotatable bonds is 18. The van der Waals surface area contributed by atoms with Gasteiger partial charge in [-0.05, 0) is 53.1 Å². The molecule has 13 nitrogen and oxygen atoms in total. The van der Waals surface area contributed by atoms with Crippen LogP contribution in [0.2, 0.25) is 0 Å². The van der Waals surface area contributed by atoms with E-state index >= 15 is 0 Å². The first-order chi connectivity index (χ1) is 32.4. The van der Waals surface area contributed by atoms with Crippen molar-refractivity contribution in [1.82, 2.24) is 0 Å². The average Bonchev–Trinajstić information content (AvgIpc) is 3.37. The summed E-state index contributed by atoms with van der Waals surface area (Å²) in [4.78, 5) is 41.3. The van der Waals surface area contributed by atoms with E-state index < -0.39 is 79.8 Å². The molecular weight excluding hydrogens is 845 g/mol. The van der Waals surface area contributed by atoms with Crippen LogP contribution in [0.1, 0.15) is 47.8 Å². The number of esters is 3. The predicted octanol–water partition coefficient (Wildman–Crippen LogP) is 7.51. The smallest absolute Gasteiger partial charge is 0.338 e. The van der Waals surface area contributed by atoms with Crippen LogP contribution in [-0.2, 0) is 62.5 Å². The Morgan fingerprint density at radius 3 is 1.27 bits per heavy atom. The van der Waals surface area contributed by atoms with Gasteiger partial charge < -0.3 is 47.7 Å². The molecule has 0 bridgehead atoms. The fourth-order valence-electron chi connectivity index (χ4n) is 7.64. The number of hydrogen-bond donors (Lipinski definition) is 1. The lowest BCUT2D eigenvalue weighted by Gasteiger charge is -2.45. The zero-order valence-corrected chi connectivity index (χ0v) is 35.9. The number of benzene rings is 6. The minimum absolute atomic E-state index is 0.0392. The van der Waals surface area contributed by atoms with Crippen molar-refractivity contribution in [3.8, 4) is 0 Å². The van der Waals surface area contributed by atoms with E-state index in [1.54, 1.807) is 66.7 Å². The Bertz CT molecular complexity index is 2410. The van der Waals surface area contributed by atoms with Gasteiger partial charge in [-0.2, -0.15) is 0 Å². The summed E-state index contributed by atoms with van der Waals surface area (Å²) in [7, 11) is 0. The number of aliphatic hydroxyl groups excluding tert-OH is 1. The monoisotopic (exact) mass is 894 g/mol. The summed E-state index contributed by atoms with van der Waals surface area (Å²) in [5.41, 5.74) is 3.27. The van der Waals surface area contributed by atoms with Crippen LogP contribution in [0.15, 0.2) is 182 Å². The highest BCUT2D eigenvalue weighted by molar-refractivity contribution is 5.91. The maximum atomic E-state index is 13.9. The van der Waals surface area contributed by atoms with Crippen molar-refractivity contribution in [2.24, 2.45) is 0 Å². The molecule has 0 amide bonds. The van der Waals surface area contributed by atoms with E-state index in [-0.39, 0.29) is 43.1 Å². The van der Waals surface area contributed by atoms with Crippen molar-refractivity contribution in [2.75, 3.05) is 13.2 Å². The molecule has 6 aromatic carbocycles. The third kappa shape index (κ3) is 12.2. The van der Waals surface area contributed by atoms with E-state index in [4.69, 9.17) is 42.6 Å². The van der Waals surface area contributed by atoms with Crippen LogP contribution in [0.4, 0.5) is 0 Å². The number of carbonyl (C=O) groups excluding carboxylic acids is 3. The third-order valence-electron chi connectivity index (χ3n) is 11.1. The molecule has 2 fully saturated rings. The second kappa shape index (κ2) is 23.1. The van der Waals surface area contributed by atoms with Crippen molar-refractivity contribution in [3.05, 3.63) is 215 Å². The van der Waals surface area contributed by atoms with Crippen molar-refractivity contribution < 1.29 is 62.1 Å². The van der Waals surface area contributed by atoms with Gasteiger partial charge in [0, 0.05) is 0 Å². The molecule has 0 spiro atoms. The van der Waals surface area contributed by atoms with E-state index in [1.807, 2.05) is 91.0 Å².